The van der Waals surface area contributed by atoms with Crippen LogP contribution in [0.25, 0.3) is 0 Å². The second-order valence-corrected chi connectivity index (χ2v) is 19.1. The third-order valence-electron chi connectivity index (χ3n) is 9.93. The first kappa shape index (κ1) is 29.6. The van der Waals surface area contributed by atoms with Crippen LogP contribution >= 0.6 is 11.3 Å². The molecule has 5 heteroatoms. The standard InChI is InChI=1S/C31H52O3SSi/c1-9-31(21-12-22-31)28(34-36(7,8)30(3,4)5)16-11-15-26-23(2)17-18-24(26)13-10-14-25-19-20-27(35-25)29(32)33-6/h11,15,19-20,23-24,26,28H,9-10,12-14,16-18,21-22H2,1-8H3/b15-11+/t23-,24-,26-,28?/m0/s1. The fourth-order valence-electron chi connectivity index (χ4n) is 6.12. The van der Waals surface area contributed by atoms with E-state index in [2.05, 4.69) is 65.9 Å². The molecule has 2 fully saturated rings. The van der Waals surface area contributed by atoms with Gasteiger partial charge in [-0.05, 0) is 111 Å². The van der Waals surface area contributed by atoms with Crippen molar-refractivity contribution in [3.05, 3.63) is 34.0 Å². The molecule has 1 unspecified atom stereocenters. The van der Waals surface area contributed by atoms with Crippen molar-refractivity contribution < 1.29 is 14.0 Å². The smallest absolute Gasteiger partial charge is 0.348 e. The molecule has 0 N–H and O–H groups in total. The van der Waals surface area contributed by atoms with Gasteiger partial charge < -0.3 is 9.16 Å². The lowest BCUT2D eigenvalue weighted by Crippen LogP contribution is -2.51. The minimum atomic E-state index is -1.80. The van der Waals surface area contributed by atoms with Crippen LogP contribution < -0.4 is 0 Å². The third kappa shape index (κ3) is 6.93. The van der Waals surface area contributed by atoms with E-state index in [1.807, 2.05) is 6.07 Å². The SMILES string of the molecule is CCC1(C(C/C=C/[C@@H]2[C@@H](CCCc3ccc(C(=O)OC)s3)CC[C@@H]2C)O[Si](C)(C)C(C)(C)C)CCC1. The molecule has 4 atom stereocenters. The van der Waals surface area contributed by atoms with Gasteiger partial charge in [-0.25, -0.2) is 4.79 Å². The van der Waals surface area contributed by atoms with Crippen molar-refractivity contribution in [1.82, 2.24) is 0 Å². The van der Waals surface area contributed by atoms with Crippen LogP contribution in [0.15, 0.2) is 24.3 Å². The molecular weight excluding hydrogens is 480 g/mol. The maximum absolute atomic E-state index is 11.7. The molecule has 0 amide bonds. The number of methoxy groups -OCH3 is 1. The van der Waals surface area contributed by atoms with E-state index in [0.717, 1.165) is 24.7 Å². The van der Waals surface area contributed by atoms with Crippen LogP contribution in [0.2, 0.25) is 18.1 Å². The molecule has 0 radical (unpaired) electrons. The zero-order valence-electron chi connectivity index (χ0n) is 24.3. The largest absolute Gasteiger partial charge is 0.465 e. The fourth-order valence-corrected chi connectivity index (χ4v) is 8.50. The molecule has 0 spiro atoms. The highest BCUT2D eigenvalue weighted by molar-refractivity contribution is 7.13. The van der Waals surface area contributed by atoms with Gasteiger partial charge in [-0.3, -0.25) is 0 Å². The third-order valence-corrected chi connectivity index (χ3v) is 15.5. The van der Waals surface area contributed by atoms with Crippen LogP contribution in [0.4, 0.5) is 0 Å². The summed E-state index contributed by atoms with van der Waals surface area (Å²) in [5, 5.41) is 0.249. The fraction of sp³-hybridized carbons (Fsp3) is 0.774. The number of esters is 1. The first-order valence-electron chi connectivity index (χ1n) is 14.4. The molecule has 2 saturated carbocycles. The summed E-state index contributed by atoms with van der Waals surface area (Å²) in [6.07, 6.45) is 18.0. The molecule has 0 bridgehead atoms. The lowest BCUT2D eigenvalue weighted by atomic mass is 9.63. The highest BCUT2D eigenvalue weighted by atomic mass is 32.1. The second-order valence-electron chi connectivity index (χ2n) is 13.1. The van der Waals surface area contributed by atoms with Crippen molar-refractivity contribution >= 4 is 25.6 Å². The number of rotatable bonds is 12. The molecule has 0 saturated heterocycles. The zero-order chi connectivity index (χ0) is 26.6. The van der Waals surface area contributed by atoms with Gasteiger partial charge in [-0.15, -0.1) is 11.3 Å². The number of hydrogen-bond donors (Lipinski definition) is 0. The van der Waals surface area contributed by atoms with E-state index in [1.165, 1.54) is 63.4 Å². The molecule has 1 aromatic heterocycles. The number of hydrogen-bond acceptors (Lipinski definition) is 4. The Labute approximate surface area is 226 Å². The van der Waals surface area contributed by atoms with Crippen molar-refractivity contribution in [3.63, 3.8) is 0 Å². The predicted octanol–water partition coefficient (Wildman–Crippen LogP) is 9.44. The Morgan fingerprint density at radius 3 is 2.56 bits per heavy atom. The lowest BCUT2D eigenvalue weighted by Gasteiger charge is -2.51. The maximum Gasteiger partial charge on any atom is 0.348 e. The lowest BCUT2D eigenvalue weighted by molar-refractivity contribution is -0.0272. The topological polar surface area (TPSA) is 35.5 Å². The average Bonchev–Trinajstić information content (AvgIpc) is 3.39. The van der Waals surface area contributed by atoms with Crippen LogP contribution in [-0.2, 0) is 15.6 Å². The molecule has 1 heterocycles. The van der Waals surface area contributed by atoms with E-state index in [0.29, 0.717) is 22.3 Å². The number of allylic oxidation sites excluding steroid dienone is 1. The van der Waals surface area contributed by atoms with Crippen molar-refractivity contribution in [2.75, 3.05) is 7.11 Å². The Morgan fingerprint density at radius 2 is 1.97 bits per heavy atom. The Hall–Kier alpha value is -0.913. The predicted molar refractivity (Wildman–Crippen MR) is 156 cm³/mol. The first-order chi connectivity index (χ1) is 16.9. The summed E-state index contributed by atoms with van der Waals surface area (Å²) in [7, 11) is -0.354. The van der Waals surface area contributed by atoms with E-state index in [4.69, 9.17) is 9.16 Å². The summed E-state index contributed by atoms with van der Waals surface area (Å²) < 4.78 is 12.0. The van der Waals surface area contributed by atoms with E-state index < -0.39 is 8.32 Å². The van der Waals surface area contributed by atoms with Gasteiger partial charge in [0.2, 0.25) is 0 Å². The number of aryl methyl sites for hydroxylation is 1. The highest BCUT2D eigenvalue weighted by Crippen LogP contribution is 2.51. The Balaban J connectivity index is 1.59. The van der Waals surface area contributed by atoms with Crippen LogP contribution in [-0.4, -0.2) is 27.5 Å². The van der Waals surface area contributed by atoms with Gasteiger partial charge in [0.05, 0.1) is 13.2 Å². The zero-order valence-corrected chi connectivity index (χ0v) is 26.1. The van der Waals surface area contributed by atoms with Crippen molar-refractivity contribution in [3.8, 4) is 0 Å². The normalized spacial score (nSPS) is 25.2. The summed E-state index contributed by atoms with van der Waals surface area (Å²) >= 11 is 1.59. The van der Waals surface area contributed by atoms with Gasteiger partial charge >= 0.3 is 5.97 Å². The number of thiophene rings is 1. The molecule has 3 rings (SSSR count). The van der Waals surface area contributed by atoms with Gasteiger partial charge in [0.15, 0.2) is 8.32 Å². The molecule has 1 aromatic rings. The van der Waals surface area contributed by atoms with Gasteiger partial charge in [0, 0.05) is 4.88 Å². The minimum absolute atomic E-state index is 0.219. The van der Waals surface area contributed by atoms with E-state index in [1.54, 1.807) is 11.3 Å². The van der Waals surface area contributed by atoms with Gasteiger partial charge in [-0.2, -0.15) is 0 Å². The van der Waals surface area contributed by atoms with Crippen molar-refractivity contribution in [2.24, 2.45) is 23.2 Å². The molecular formula is C31H52O3SSi. The minimum Gasteiger partial charge on any atom is -0.465 e. The molecule has 36 heavy (non-hydrogen) atoms. The molecule has 204 valence electrons. The van der Waals surface area contributed by atoms with Crippen LogP contribution in [0.3, 0.4) is 0 Å². The molecule has 3 nitrogen and oxygen atoms in total. The molecule has 2 aliphatic rings. The van der Waals surface area contributed by atoms with Gasteiger partial charge in [0.1, 0.15) is 4.88 Å². The second kappa shape index (κ2) is 12.3. The van der Waals surface area contributed by atoms with Crippen LogP contribution in [0, 0.1) is 23.2 Å². The summed E-state index contributed by atoms with van der Waals surface area (Å²) in [6, 6.07) is 4.00. The Kier molecular flexibility index (Phi) is 10.1. The van der Waals surface area contributed by atoms with E-state index in [-0.39, 0.29) is 11.0 Å². The number of carbonyl (C=O) groups excluding carboxylic acids is 1. The Morgan fingerprint density at radius 1 is 1.25 bits per heavy atom. The van der Waals surface area contributed by atoms with E-state index in [9.17, 15) is 4.79 Å². The van der Waals surface area contributed by atoms with Crippen molar-refractivity contribution in [2.45, 2.75) is 123 Å². The number of carbonyl (C=O) groups is 1. The number of ether oxygens (including phenoxy) is 1. The van der Waals surface area contributed by atoms with Gasteiger partial charge in [-0.1, -0.05) is 53.2 Å². The monoisotopic (exact) mass is 532 g/mol. The average molecular weight is 533 g/mol. The van der Waals surface area contributed by atoms with Crippen LogP contribution in [0.1, 0.15) is 107 Å². The van der Waals surface area contributed by atoms with Crippen molar-refractivity contribution in [1.29, 1.82) is 0 Å². The quantitative estimate of drug-likeness (QED) is 0.153. The van der Waals surface area contributed by atoms with Gasteiger partial charge in [0.25, 0.3) is 0 Å². The maximum atomic E-state index is 11.7. The summed E-state index contributed by atoms with van der Waals surface area (Å²) in [5.41, 5.74) is 0.393. The highest BCUT2D eigenvalue weighted by Gasteiger charge is 2.47. The van der Waals surface area contributed by atoms with Crippen LogP contribution in [0.5, 0.6) is 0 Å². The van der Waals surface area contributed by atoms with E-state index >= 15 is 0 Å². The first-order valence-corrected chi connectivity index (χ1v) is 18.2. The summed E-state index contributed by atoms with van der Waals surface area (Å²) in [5.74, 6) is 2.01. The molecule has 2 aliphatic carbocycles. The summed E-state index contributed by atoms with van der Waals surface area (Å²) in [6.45, 7) is 16.8. The Bertz CT molecular complexity index is 871. The molecule has 0 aliphatic heterocycles. The molecule has 0 aromatic carbocycles. The summed E-state index contributed by atoms with van der Waals surface area (Å²) in [4.78, 5) is 13.8.